The van der Waals surface area contributed by atoms with Crippen molar-refractivity contribution < 1.29 is 27.9 Å². The molecule has 10 heteroatoms. The van der Waals surface area contributed by atoms with Gasteiger partial charge in [0.05, 0.1) is 17.7 Å². The lowest BCUT2D eigenvalue weighted by Crippen LogP contribution is -2.51. The molecule has 0 radical (unpaired) electrons. The Labute approximate surface area is 250 Å². The molecule has 1 saturated heterocycles. The van der Waals surface area contributed by atoms with Crippen LogP contribution in [-0.2, 0) is 22.9 Å². The Morgan fingerprint density at radius 2 is 1.72 bits per heavy atom. The number of nitrogens with one attached hydrogen (secondary N) is 3. The molecule has 2 atom stereocenters. The maximum atomic E-state index is 13.6. The van der Waals surface area contributed by atoms with E-state index in [1.807, 2.05) is 43.3 Å². The molecule has 1 fully saturated rings. The summed E-state index contributed by atoms with van der Waals surface area (Å²) in [6.45, 7) is 6.64. The molecule has 0 spiro atoms. The van der Waals surface area contributed by atoms with Crippen molar-refractivity contribution in [1.29, 1.82) is 0 Å². The molecule has 0 aromatic heterocycles. The van der Waals surface area contributed by atoms with Crippen molar-refractivity contribution in [2.75, 3.05) is 29.9 Å². The highest BCUT2D eigenvalue weighted by atomic mass is 19.4. The predicted octanol–water partition coefficient (Wildman–Crippen LogP) is 5.49. The van der Waals surface area contributed by atoms with Gasteiger partial charge in [-0.05, 0) is 75.1 Å². The quantitative estimate of drug-likeness (QED) is 0.222. The van der Waals surface area contributed by atoms with Gasteiger partial charge in [0.25, 0.3) is 5.91 Å². The first-order valence-corrected chi connectivity index (χ1v) is 14.5. The van der Waals surface area contributed by atoms with Crippen molar-refractivity contribution in [1.82, 2.24) is 10.6 Å². The van der Waals surface area contributed by atoms with Gasteiger partial charge < -0.3 is 26.0 Å². The molecule has 4 N–H and O–H groups in total. The number of alkyl halides is 3. The number of hydrogen-bond donors (Lipinski definition) is 4. The highest BCUT2D eigenvalue weighted by molar-refractivity contribution is 6.00. The second-order valence-corrected chi connectivity index (χ2v) is 11.4. The zero-order valence-electron chi connectivity index (χ0n) is 24.7. The summed E-state index contributed by atoms with van der Waals surface area (Å²) in [5, 5.41) is 20.7. The summed E-state index contributed by atoms with van der Waals surface area (Å²) < 4.78 is 40.0. The van der Waals surface area contributed by atoms with Gasteiger partial charge in [0.1, 0.15) is 0 Å². The number of aliphatic hydroxyl groups is 1. The number of hydrogen-bond acceptors (Lipinski definition) is 5. The Kier molecular flexibility index (Phi) is 10.1. The summed E-state index contributed by atoms with van der Waals surface area (Å²) in [5.74, 6) is -0.406. The summed E-state index contributed by atoms with van der Waals surface area (Å²) in [5.41, 5.74) is 1.35. The molecule has 3 aromatic carbocycles. The van der Waals surface area contributed by atoms with Crippen LogP contribution < -0.4 is 20.9 Å². The van der Waals surface area contributed by atoms with E-state index in [1.54, 1.807) is 36.9 Å². The molecule has 1 aliphatic heterocycles. The first-order chi connectivity index (χ1) is 20.4. The molecular formula is C33H39F3N4O3. The second kappa shape index (κ2) is 13.6. The molecular weight excluding hydrogens is 557 g/mol. The summed E-state index contributed by atoms with van der Waals surface area (Å²) in [4.78, 5) is 27.7. The highest BCUT2D eigenvalue weighted by Crippen LogP contribution is 2.32. The average molecular weight is 597 g/mol. The molecule has 0 bridgehead atoms. The van der Waals surface area contributed by atoms with Crippen molar-refractivity contribution in [3.05, 3.63) is 95.1 Å². The minimum atomic E-state index is -4.47. The summed E-state index contributed by atoms with van der Waals surface area (Å²) in [6.07, 6.45) is -4.01. The molecule has 4 rings (SSSR count). The van der Waals surface area contributed by atoms with E-state index in [1.165, 1.54) is 6.07 Å². The topological polar surface area (TPSA) is 93.7 Å². The molecule has 1 aliphatic rings. The van der Waals surface area contributed by atoms with E-state index in [4.69, 9.17) is 0 Å². The van der Waals surface area contributed by atoms with Crippen LogP contribution in [0.1, 0.15) is 60.7 Å². The lowest BCUT2D eigenvalue weighted by atomic mass is 9.92. The van der Waals surface area contributed by atoms with Gasteiger partial charge in [-0.2, -0.15) is 13.2 Å². The van der Waals surface area contributed by atoms with Gasteiger partial charge in [-0.1, -0.05) is 42.5 Å². The number of carbonyl (C=O) groups is 2. The van der Waals surface area contributed by atoms with Gasteiger partial charge in [0.2, 0.25) is 5.91 Å². The largest absolute Gasteiger partial charge is 0.416 e. The number of halogens is 3. The van der Waals surface area contributed by atoms with Gasteiger partial charge in [-0.3, -0.25) is 9.59 Å². The Hall–Kier alpha value is -3.89. The Bertz CT molecular complexity index is 1410. The van der Waals surface area contributed by atoms with E-state index in [2.05, 4.69) is 16.0 Å². The SMILES string of the molecule is CCNc1cc(C(=O)N[C@@H](Cc2ccccc2)[C@@H](O)CNC(C)(C)c2cccc(C(F)(F)F)c2)cc(N2CCCC2=O)c1. The summed E-state index contributed by atoms with van der Waals surface area (Å²) >= 11 is 0. The first kappa shape index (κ1) is 32.0. The first-order valence-electron chi connectivity index (χ1n) is 14.5. The standard InChI is InChI=1S/C33H39F3N4O3/c1-4-37-26-17-23(18-27(20-26)40-15-9-14-30(40)42)31(43)39-28(16-22-10-6-5-7-11-22)29(41)21-38-32(2,3)24-12-8-13-25(19-24)33(34,35)36/h5-8,10-13,17-20,28-29,37-38,41H,4,9,14-16,21H2,1-3H3,(H,39,43)/t28-,29-/m0/s1. The third-order valence-electron chi connectivity index (χ3n) is 7.69. The van der Waals surface area contributed by atoms with Crippen LogP contribution in [-0.4, -0.2) is 48.7 Å². The minimum Gasteiger partial charge on any atom is -0.390 e. The van der Waals surface area contributed by atoms with Crippen molar-refractivity contribution in [2.24, 2.45) is 0 Å². The Morgan fingerprint density at radius 3 is 2.37 bits per heavy atom. The minimum absolute atomic E-state index is 0.00594. The molecule has 230 valence electrons. The molecule has 0 saturated carbocycles. The summed E-state index contributed by atoms with van der Waals surface area (Å²) in [7, 11) is 0. The second-order valence-electron chi connectivity index (χ2n) is 11.4. The van der Waals surface area contributed by atoms with Gasteiger partial charge in [-0.15, -0.1) is 0 Å². The zero-order chi connectivity index (χ0) is 31.2. The van der Waals surface area contributed by atoms with Crippen LogP contribution in [0.3, 0.4) is 0 Å². The van der Waals surface area contributed by atoms with Crippen molar-refractivity contribution in [3.8, 4) is 0 Å². The molecule has 0 aliphatic carbocycles. The van der Waals surface area contributed by atoms with E-state index in [0.29, 0.717) is 48.4 Å². The zero-order valence-corrected chi connectivity index (χ0v) is 24.7. The van der Waals surface area contributed by atoms with Gasteiger partial charge >= 0.3 is 6.18 Å². The fourth-order valence-corrected chi connectivity index (χ4v) is 5.22. The van der Waals surface area contributed by atoms with Gasteiger partial charge in [-0.25, -0.2) is 0 Å². The summed E-state index contributed by atoms with van der Waals surface area (Å²) in [6, 6.07) is 19.0. The fraction of sp³-hybridized carbons (Fsp3) is 0.394. The normalized spacial score (nSPS) is 15.3. The van der Waals surface area contributed by atoms with E-state index >= 15 is 0 Å². The predicted molar refractivity (Wildman–Crippen MR) is 162 cm³/mol. The van der Waals surface area contributed by atoms with Crippen molar-refractivity contribution >= 4 is 23.2 Å². The van der Waals surface area contributed by atoms with Crippen LogP contribution in [0, 0.1) is 0 Å². The van der Waals surface area contributed by atoms with E-state index in [-0.39, 0.29) is 12.5 Å². The van der Waals surface area contributed by atoms with Crippen LogP contribution in [0.4, 0.5) is 24.5 Å². The molecule has 2 amide bonds. The Morgan fingerprint density at radius 1 is 1.00 bits per heavy atom. The van der Waals surface area contributed by atoms with E-state index in [9.17, 15) is 27.9 Å². The van der Waals surface area contributed by atoms with E-state index in [0.717, 1.165) is 24.1 Å². The Balaban J connectivity index is 1.55. The van der Waals surface area contributed by atoms with Crippen molar-refractivity contribution in [3.63, 3.8) is 0 Å². The maximum absolute atomic E-state index is 13.6. The lowest BCUT2D eigenvalue weighted by Gasteiger charge is -2.32. The van der Waals surface area contributed by atoms with Gasteiger partial charge in [0.15, 0.2) is 0 Å². The highest BCUT2D eigenvalue weighted by Gasteiger charge is 2.33. The monoisotopic (exact) mass is 596 g/mol. The van der Waals surface area contributed by atoms with Crippen LogP contribution in [0.5, 0.6) is 0 Å². The molecule has 0 unspecified atom stereocenters. The van der Waals surface area contributed by atoms with Crippen LogP contribution in [0.15, 0.2) is 72.8 Å². The van der Waals surface area contributed by atoms with Gasteiger partial charge in [0, 0.05) is 48.5 Å². The smallest absolute Gasteiger partial charge is 0.390 e. The third-order valence-corrected chi connectivity index (χ3v) is 7.69. The lowest BCUT2D eigenvalue weighted by molar-refractivity contribution is -0.137. The van der Waals surface area contributed by atoms with Crippen LogP contribution in [0.25, 0.3) is 0 Å². The third kappa shape index (κ3) is 8.36. The van der Waals surface area contributed by atoms with Crippen LogP contribution >= 0.6 is 0 Å². The number of benzene rings is 3. The number of carbonyl (C=O) groups excluding carboxylic acids is 2. The maximum Gasteiger partial charge on any atom is 0.416 e. The number of rotatable bonds is 12. The average Bonchev–Trinajstić information content (AvgIpc) is 3.41. The van der Waals surface area contributed by atoms with E-state index < -0.39 is 35.3 Å². The molecule has 3 aromatic rings. The number of nitrogens with zero attached hydrogens (tertiary/aromatic N) is 1. The molecule has 43 heavy (non-hydrogen) atoms. The van der Waals surface area contributed by atoms with Crippen LogP contribution in [0.2, 0.25) is 0 Å². The number of amides is 2. The molecule has 1 heterocycles. The number of aliphatic hydroxyl groups excluding tert-OH is 1. The number of anilines is 2. The fourth-order valence-electron chi connectivity index (χ4n) is 5.22. The molecule has 7 nitrogen and oxygen atoms in total. The van der Waals surface area contributed by atoms with Crippen molar-refractivity contribution in [2.45, 2.75) is 63.9 Å².